The van der Waals surface area contributed by atoms with Crippen molar-refractivity contribution in [2.45, 2.75) is 4.90 Å². The van der Waals surface area contributed by atoms with Gasteiger partial charge in [-0.05, 0) is 12.1 Å². The summed E-state index contributed by atoms with van der Waals surface area (Å²) in [7, 11) is 4.94. The van der Waals surface area contributed by atoms with E-state index < -0.39 is 10.0 Å². The van der Waals surface area contributed by atoms with E-state index in [2.05, 4.69) is 14.1 Å². The molecule has 0 saturated heterocycles. The number of nitrogens with zero attached hydrogens (tertiary/aromatic N) is 1. The Morgan fingerprint density at radius 1 is 1.13 bits per heavy atom. The van der Waals surface area contributed by atoms with Crippen molar-refractivity contribution in [1.29, 1.82) is 0 Å². The number of benzene rings is 2. The summed E-state index contributed by atoms with van der Waals surface area (Å²) >= 11 is 1.61. The second-order valence-electron chi connectivity index (χ2n) is 4.71. The van der Waals surface area contributed by atoms with Crippen LogP contribution in [0.15, 0.2) is 41.3 Å². The summed E-state index contributed by atoms with van der Waals surface area (Å²) in [5.74, 6) is 0. The minimum atomic E-state index is -3.54. The first kappa shape index (κ1) is 22.3. The third-order valence-corrected chi connectivity index (χ3v) is 4.59. The van der Waals surface area contributed by atoms with Gasteiger partial charge < -0.3 is 16.8 Å². The van der Waals surface area contributed by atoms with Crippen molar-refractivity contribution in [1.82, 2.24) is 10.9 Å². The predicted octanol–water partition coefficient (Wildman–Crippen LogP) is 1.99. The van der Waals surface area contributed by atoms with Gasteiger partial charge in [0, 0.05) is 43.6 Å². The van der Waals surface area contributed by atoms with Gasteiger partial charge in [-0.3, -0.25) is 0 Å². The molecule has 9 heteroatoms. The molecule has 132 valence electrons. The van der Waals surface area contributed by atoms with Crippen LogP contribution in [0.4, 0.5) is 5.69 Å². The summed E-state index contributed by atoms with van der Waals surface area (Å²) in [5.41, 5.74) is 6.34. The Bertz CT molecular complexity index is 726. The number of hydrogen-bond acceptors (Lipinski definition) is 5. The molecule has 0 atom stereocenters. The maximum atomic E-state index is 12.3. The first-order valence-corrected chi connectivity index (χ1v) is 10.8. The monoisotopic (exact) mass is 540 g/mol. The normalized spacial score (nSPS) is 10.5. The van der Waals surface area contributed by atoms with Crippen LogP contribution in [0.1, 0.15) is 0 Å². The van der Waals surface area contributed by atoms with Crippen molar-refractivity contribution in [3.63, 3.8) is 0 Å². The van der Waals surface area contributed by atoms with Crippen molar-refractivity contribution in [2.75, 3.05) is 32.1 Å². The van der Waals surface area contributed by atoms with Crippen LogP contribution < -0.4 is 21.5 Å². The SMILES string of the molecule is CN(C)c1cccc2c(S(=O)(=O)NCCN)cccc12.N.[Cl][Pt+]. The summed E-state index contributed by atoms with van der Waals surface area (Å²) in [6, 6.07) is 10.9. The second kappa shape index (κ2) is 10.2. The summed E-state index contributed by atoms with van der Waals surface area (Å²) in [4.78, 5) is 2.25. The number of sulfonamides is 1. The average molecular weight is 541 g/mol. The third-order valence-electron chi connectivity index (χ3n) is 3.07. The van der Waals surface area contributed by atoms with Crippen LogP contribution >= 0.6 is 9.42 Å². The van der Waals surface area contributed by atoms with Crippen molar-refractivity contribution < 1.29 is 27.2 Å². The molecule has 0 unspecified atom stereocenters. The fourth-order valence-corrected chi connectivity index (χ4v) is 3.43. The molecule has 0 fully saturated rings. The second-order valence-corrected chi connectivity index (χ2v) is 6.44. The molecule has 0 radical (unpaired) electrons. The number of hydrogen-bond donors (Lipinski definition) is 3. The Morgan fingerprint density at radius 2 is 1.70 bits per heavy atom. The molecule has 2 rings (SSSR count). The number of nitrogens with one attached hydrogen (secondary N) is 1. The van der Waals surface area contributed by atoms with Crippen molar-refractivity contribution in [3.05, 3.63) is 36.4 Å². The number of fused-ring (bicyclic) bond motifs is 1. The molecule has 0 aliphatic heterocycles. The van der Waals surface area contributed by atoms with Crippen LogP contribution in [-0.2, 0) is 28.8 Å². The van der Waals surface area contributed by atoms with Crippen molar-refractivity contribution in [2.24, 2.45) is 5.73 Å². The molecular weight excluding hydrogens is 519 g/mol. The van der Waals surface area contributed by atoms with Gasteiger partial charge in [0.15, 0.2) is 0 Å². The summed E-state index contributed by atoms with van der Waals surface area (Å²) in [6.07, 6.45) is 0. The Kier molecular flexibility index (Phi) is 9.92. The molecule has 6 N–H and O–H groups in total. The van der Waals surface area contributed by atoms with E-state index in [-0.39, 0.29) is 24.1 Å². The van der Waals surface area contributed by atoms with Gasteiger partial charge in [-0.2, -0.15) is 0 Å². The molecule has 6 nitrogen and oxygen atoms in total. The summed E-state index contributed by atoms with van der Waals surface area (Å²) in [5, 5.41) is 1.62. The maximum absolute atomic E-state index is 12.3. The van der Waals surface area contributed by atoms with E-state index in [1.54, 1.807) is 30.9 Å². The molecule has 0 heterocycles. The van der Waals surface area contributed by atoms with Gasteiger partial charge in [0.1, 0.15) is 0 Å². The van der Waals surface area contributed by atoms with Crippen LogP contribution in [0.5, 0.6) is 0 Å². The van der Waals surface area contributed by atoms with Gasteiger partial charge in [0.05, 0.1) is 4.90 Å². The van der Waals surface area contributed by atoms with Crippen molar-refractivity contribution in [3.8, 4) is 0 Å². The molecule has 2 aromatic rings. The molecule has 0 aromatic heterocycles. The van der Waals surface area contributed by atoms with E-state index in [9.17, 15) is 8.42 Å². The standard InChI is InChI=1S/C14H19N3O2S.ClH.H3N.Pt/c1-17(2)13-7-3-6-12-11(13)5-4-8-14(12)20(18,19)16-10-9-15;;;/h3-8,16H,9-10,15H2,1-2H3;1H;1H3;/q;;;+2/p-1. The summed E-state index contributed by atoms with van der Waals surface area (Å²) in [6.45, 7) is 0.499. The fourth-order valence-electron chi connectivity index (χ4n) is 2.16. The predicted molar refractivity (Wildman–Crippen MR) is 93.4 cm³/mol. The van der Waals surface area contributed by atoms with E-state index in [4.69, 9.17) is 5.73 Å². The Hall–Kier alpha value is -0.692. The molecule has 0 aliphatic rings. The van der Waals surface area contributed by atoms with Crippen LogP contribution in [0.2, 0.25) is 0 Å². The molecule has 0 saturated carbocycles. The van der Waals surface area contributed by atoms with E-state index in [0.717, 1.165) is 11.1 Å². The molecule has 23 heavy (non-hydrogen) atoms. The molecule has 0 amide bonds. The van der Waals surface area contributed by atoms with Gasteiger partial charge in [-0.15, -0.1) is 0 Å². The number of rotatable bonds is 5. The van der Waals surface area contributed by atoms with Gasteiger partial charge in [0.25, 0.3) is 0 Å². The Morgan fingerprint density at radius 3 is 2.26 bits per heavy atom. The van der Waals surface area contributed by atoms with Crippen LogP contribution in [0.3, 0.4) is 0 Å². The van der Waals surface area contributed by atoms with Crippen LogP contribution in [0.25, 0.3) is 10.8 Å². The van der Waals surface area contributed by atoms with E-state index in [0.29, 0.717) is 5.39 Å². The van der Waals surface area contributed by atoms with Gasteiger partial charge in [0.2, 0.25) is 10.0 Å². The average Bonchev–Trinajstić information content (AvgIpc) is 2.53. The number of nitrogens with two attached hydrogens (primary N) is 1. The van der Waals surface area contributed by atoms with Gasteiger partial charge >= 0.3 is 28.2 Å². The van der Waals surface area contributed by atoms with Crippen LogP contribution in [0, 0.1) is 0 Å². The van der Waals surface area contributed by atoms with E-state index >= 15 is 0 Å². The van der Waals surface area contributed by atoms with Crippen LogP contribution in [-0.4, -0.2) is 35.6 Å². The Balaban J connectivity index is 0.00000155. The molecule has 0 bridgehead atoms. The van der Waals surface area contributed by atoms with Crippen molar-refractivity contribution >= 4 is 35.9 Å². The first-order chi connectivity index (χ1) is 10.5. The zero-order valence-corrected chi connectivity index (χ0v) is 16.9. The topological polar surface area (TPSA) is 110 Å². The zero-order valence-electron chi connectivity index (χ0n) is 13.0. The first-order valence-electron chi connectivity index (χ1n) is 6.48. The summed E-state index contributed by atoms with van der Waals surface area (Å²) < 4.78 is 27.1. The van der Waals surface area contributed by atoms with E-state index in [1.165, 1.54) is 0 Å². The minimum absolute atomic E-state index is 0. The van der Waals surface area contributed by atoms with Gasteiger partial charge in [-0.1, -0.05) is 24.3 Å². The van der Waals surface area contributed by atoms with Gasteiger partial charge in [-0.25, -0.2) is 13.1 Å². The molecule has 0 aliphatic carbocycles. The zero-order chi connectivity index (χ0) is 16.8. The fraction of sp³-hybridized carbons (Fsp3) is 0.286. The third kappa shape index (κ3) is 5.41. The molecule has 2 aromatic carbocycles. The molecule has 0 spiro atoms. The molecular formula is C14H22ClN4O2PtS+. The van der Waals surface area contributed by atoms with E-state index in [1.807, 2.05) is 43.3 Å². The number of halogens is 1. The number of anilines is 1. The Labute approximate surface area is 152 Å². The quantitative estimate of drug-likeness (QED) is 0.537.